The van der Waals surface area contributed by atoms with Crippen LogP contribution in [0.2, 0.25) is 5.02 Å². The molecule has 0 heterocycles. The van der Waals surface area contributed by atoms with E-state index in [9.17, 15) is 5.26 Å². The number of nitriles is 1. The van der Waals surface area contributed by atoms with Crippen molar-refractivity contribution in [3.8, 4) is 50.6 Å². The maximum absolute atomic E-state index is 9.58. The monoisotopic (exact) mass is 413 g/mol. The minimum Gasteiger partial charge on any atom is -0.192 e. The molecule has 0 aromatic heterocycles. The molecule has 2 heteroatoms. The molecule has 0 fully saturated rings. The van der Waals surface area contributed by atoms with Gasteiger partial charge < -0.3 is 0 Å². The van der Waals surface area contributed by atoms with Gasteiger partial charge in [0.2, 0.25) is 0 Å². The van der Waals surface area contributed by atoms with E-state index in [2.05, 4.69) is 78.9 Å². The van der Waals surface area contributed by atoms with Crippen LogP contribution in [-0.4, -0.2) is 0 Å². The van der Waals surface area contributed by atoms with Gasteiger partial charge in [0.15, 0.2) is 0 Å². The minimum atomic E-state index is 0.622. The second-order valence-electron chi connectivity index (χ2n) is 7.82. The summed E-state index contributed by atoms with van der Waals surface area (Å²) in [5.74, 6) is 0. The zero-order valence-electron chi connectivity index (χ0n) is 16.6. The van der Waals surface area contributed by atoms with Crippen molar-refractivity contribution < 1.29 is 0 Å². The van der Waals surface area contributed by atoms with E-state index in [1.165, 1.54) is 38.6 Å². The Balaban J connectivity index is 1.62. The Morgan fingerprint density at radius 3 is 2.16 bits per heavy atom. The predicted octanol–water partition coefficient (Wildman–Crippen LogP) is 8.35. The standard InChI is InChI=1S/C29H16ClN/c30-22-13-11-21(17-31)27(16-22)20-7-3-6-19(15-20)23-14-12-18-5-4-10-25-24-8-1-2-9-26(24)29(23)28(18)25/h1-16H. The number of rotatable bonds is 2. The molecule has 144 valence electrons. The van der Waals surface area contributed by atoms with Crippen molar-refractivity contribution in [1.29, 1.82) is 5.26 Å². The third-order valence-electron chi connectivity index (χ3n) is 6.12. The summed E-state index contributed by atoms with van der Waals surface area (Å²) in [6, 6.07) is 35.7. The van der Waals surface area contributed by atoms with Gasteiger partial charge in [-0.05, 0) is 74.0 Å². The van der Waals surface area contributed by atoms with Crippen LogP contribution in [0.15, 0.2) is 97.1 Å². The van der Waals surface area contributed by atoms with Crippen LogP contribution in [0.4, 0.5) is 0 Å². The SMILES string of the molecule is N#Cc1ccc(Cl)cc1-c1cccc(-c2ccc3cccc4c3c2-c2ccccc2-4)c1. The molecular weight excluding hydrogens is 398 g/mol. The number of hydrogen-bond acceptors (Lipinski definition) is 1. The molecule has 0 bridgehead atoms. The molecule has 0 atom stereocenters. The fraction of sp³-hybridized carbons (Fsp3) is 0. The van der Waals surface area contributed by atoms with Crippen LogP contribution in [0.3, 0.4) is 0 Å². The molecule has 1 aliphatic rings. The maximum atomic E-state index is 9.58. The van der Waals surface area contributed by atoms with Gasteiger partial charge in [-0.3, -0.25) is 0 Å². The van der Waals surface area contributed by atoms with Gasteiger partial charge in [-0.15, -0.1) is 0 Å². The zero-order valence-corrected chi connectivity index (χ0v) is 17.3. The molecular formula is C29H16ClN. The molecule has 1 aliphatic carbocycles. The normalized spacial score (nSPS) is 11.4. The molecule has 0 radical (unpaired) electrons. The lowest BCUT2D eigenvalue weighted by Gasteiger charge is -2.13. The van der Waals surface area contributed by atoms with Gasteiger partial charge in [-0.25, -0.2) is 0 Å². The Morgan fingerprint density at radius 1 is 0.581 bits per heavy atom. The van der Waals surface area contributed by atoms with Gasteiger partial charge in [-0.2, -0.15) is 5.26 Å². The van der Waals surface area contributed by atoms with Crippen LogP contribution in [-0.2, 0) is 0 Å². The van der Waals surface area contributed by atoms with E-state index in [0.29, 0.717) is 10.6 Å². The minimum absolute atomic E-state index is 0.622. The number of halogens is 1. The number of fused-ring (bicyclic) bond motifs is 3. The summed E-state index contributed by atoms with van der Waals surface area (Å²) < 4.78 is 0. The lowest BCUT2D eigenvalue weighted by atomic mass is 9.91. The summed E-state index contributed by atoms with van der Waals surface area (Å²) >= 11 is 6.25. The molecule has 0 aliphatic heterocycles. The third kappa shape index (κ3) is 2.70. The average Bonchev–Trinajstić information content (AvgIpc) is 3.16. The Bertz CT molecular complexity index is 1560. The van der Waals surface area contributed by atoms with Crippen molar-refractivity contribution in [3.05, 3.63) is 108 Å². The highest BCUT2D eigenvalue weighted by molar-refractivity contribution is 6.31. The third-order valence-corrected chi connectivity index (χ3v) is 6.35. The summed E-state index contributed by atoms with van der Waals surface area (Å²) in [6.45, 7) is 0. The first-order chi connectivity index (χ1) is 15.2. The summed E-state index contributed by atoms with van der Waals surface area (Å²) in [7, 11) is 0. The van der Waals surface area contributed by atoms with Gasteiger partial charge in [0.25, 0.3) is 0 Å². The molecule has 0 saturated heterocycles. The van der Waals surface area contributed by atoms with Crippen molar-refractivity contribution in [2.45, 2.75) is 0 Å². The average molecular weight is 414 g/mol. The highest BCUT2D eigenvalue weighted by Crippen LogP contribution is 2.51. The van der Waals surface area contributed by atoms with E-state index < -0.39 is 0 Å². The van der Waals surface area contributed by atoms with Crippen LogP contribution < -0.4 is 0 Å². The van der Waals surface area contributed by atoms with Crippen molar-refractivity contribution >= 4 is 22.4 Å². The molecule has 5 aromatic rings. The predicted molar refractivity (Wildman–Crippen MR) is 129 cm³/mol. The summed E-state index contributed by atoms with van der Waals surface area (Å²) in [5.41, 5.74) is 9.94. The first-order valence-electron chi connectivity index (χ1n) is 10.2. The lowest BCUT2D eigenvalue weighted by Crippen LogP contribution is -1.88. The van der Waals surface area contributed by atoms with E-state index in [1.54, 1.807) is 12.1 Å². The van der Waals surface area contributed by atoms with Gasteiger partial charge in [0, 0.05) is 10.6 Å². The van der Waals surface area contributed by atoms with Gasteiger partial charge in [0.1, 0.15) is 0 Å². The molecule has 31 heavy (non-hydrogen) atoms. The van der Waals surface area contributed by atoms with Gasteiger partial charge in [-0.1, -0.05) is 84.4 Å². The molecule has 5 aromatic carbocycles. The van der Waals surface area contributed by atoms with E-state index in [0.717, 1.165) is 16.7 Å². The lowest BCUT2D eigenvalue weighted by molar-refractivity contribution is 1.48. The molecule has 0 saturated carbocycles. The van der Waals surface area contributed by atoms with Crippen molar-refractivity contribution in [2.75, 3.05) is 0 Å². The van der Waals surface area contributed by atoms with Crippen LogP contribution in [0.25, 0.3) is 55.3 Å². The Morgan fingerprint density at radius 2 is 1.32 bits per heavy atom. The molecule has 6 rings (SSSR count). The van der Waals surface area contributed by atoms with Crippen molar-refractivity contribution in [1.82, 2.24) is 0 Å². The second kappa shape index (κ2) is 6.84. The van der Waals surface area contributed by atoms with Crippen LogP contribution in [0, 0.1) is 11.3 Å². The van der Waals surface area contributed by atoms with Crippen LogP contribution in [0.5, 0.6) is 0 Å². The van der Waals surface area contributed by atoms with E-state index >= 15 is 0 Å². The highest BCUT2D eigenvalue weighted by atomic mass is 35.5. The Kier molecular flexibility index (Phi) is 3.96. The van der Waals surface area contributed by atoms with E-state index in [4.69, 9.17) is 11.6 Å². The van der Waals surface area contributed by atoms with Crippen LogP contribution in [0.1, 0.15) is 5.56 Å². The van der Waals surface area contributed by atoms with Crippen molar-refractivity contribution in [2.24, 2.45) is 0 Å². The number of benzene rings is 5. The Labute approximate surface area is 185 Å². The van der Waals surface area contributed by atoms with Crippen molar-refractivity contribution in [3.63, 3.8) is 0 Å². The largest absolute Gasteiger partial charge is 0.192 e. The van der Waals surface area contributed by atoms with Crippen LogP contribution >= 0.6 is 11.6 Å². The summed E-state index contributed by atoms with van der Waals surface area (Å²) in [5, 5.41) is 12.8. The van der Waals surface area contributed by atoms with E-state index in [-0.39, 0.29) is 0 Å². The quantitative estimate of drug-likeness (QED) is 0.280. The van der Waals surface area contributed by atoms with E-state index in [1.807, 2.05) is 12.1 Å². The van der Waals surface area contributed by atoms with Gasteiger partial charge >= 0.3 is 0 Å². The zero-order chi connectivity index (χ0) is 20.9. The smallest absolute Gasteiger partial charge is 0.0998 e. The topological polar surface area (TPSA) is 23.8 Å². The number of nitrogens with zero attached hydrogens (tertiary/aromatic N) is 1. The molecule has 1 nitrogen and oxygen atoms in total. The second-order valence-corrected chi connectivity index (χ2v) is 8.26. The fourth-order valence-corrected chi connectivity index (χ4v) is 4.94. The van der Waals surface area contributed by atoms with Gasteiger partial charge in [0.05, 0.1) is 11.6 Å². The molecule has 0 unspecified atom stereocenters. The first-order valence-corrected chi connectivity index (χ1v) is 10.6. The molecule has 0 amide bonds. The fourth-order valence-electron chi connectivity index (χ4n) is 4.77. The maximum Gasteiger partial charge on any atom is 0.0998 e. The first kappa shape index (κ1) is 18.0. The highest BCUT2D eigenvalue weighted by Gasteiger charge is 2.24. The summed E-state index contributed by atoms with van der Waals surface area (Å²) in [6.07, 6.45) is 0. The summed E-state index contributed by atoms with van der Waals surface area (Å²) in [4.78, 5) is 0. The Hall–Kier alpha value is -3.86. The number of hydrogen-bond donors (Lipinski definition) is 0. The molecule has 0 spiro atoms. The molecule has 0 N–H and O–H groups in total.